The molecule has 0 bridgehead atoms. The summed E-state index contributed by atoms with van der Waals surface area (Å²) in [5.41, 5.74) is 1.98. The molecule has 1 saturated heterocycles. The fourth-order valence-corrected chi connectivity index (χ4v) is 3.03. The number of nitrogens with zero attached hydrogens (tertiary/aromatic N) is 1. The lowest BCUT2D eigenvalue weighted by molar-refractivity contribution is -0.119. The number of hydrogen-bond acceptors (Lipinski definition) is 3. The zero-order valence-electron chi connectivity index (χ0n) is 14.6. The molecule has 5 nitrogen and oxygen atoms in total. The highest BCUT2D eigenvalue weighted by Crippen LogP contribution is 2.33. The number of hydrogen-bond donors (Lipinski definition) is 1. The maximum absolute atomic E-state index is 13.0. The second kappa shape index (κ2) is 7.99. The van der Waals surface area contributed by atoms with Gasteiger partial charge >= 0.3 is 0 Å². The first-order valence-corrected chi connectivity index (χ1v) is 8.59. The van der Waals surface area contributed by atoms with Gasteiger partial charge in [0, 0.05) is 18.7 Å². The number of carbonyl (C=O) groups excluding carboxylic acids is 2. The van der Waals surface area contributed by atoms with E-state index in [9.17, 15) is 14.0 Å². The summed E-state index contributed by atoms with van der Waals surface area (Å²) in [4.78, 5) is 26.2. The third-order valence-corrected chi connectivity index (χ3v) is 4.35. The Morgan fingerprint density at radius 3 is 2.65 bits per heavy atom. The highest BCUT2D eigenvalue weighted by molar-refractivity contribution is 5.98. The molecule has 1 aliphatic heterocycles. The third-order valence-electron chi connectivity index (χ3n) is 4.35. The van der Waals surface area contributed by atoms with Crippen LogP contribution >= 0.6 is 0 Å². The van der Waals surface area contributed by atoms with Crippen molar-refractivity contribution in [2.24, 2.45) is 0 Å². The van der Waals surface area contributed by atoms with Crippen LogP contribution in [-0.2, 0) is 16.0 Å². The number of amides is 2. The SMILES string of the molecule is COc1ccc(NC(=O)Cc2ccc(F)cc2)cc1N1CCCCC1=O. The van der Waals surface area contributed by atoms with E-state index >= 15 is 0 Å². The number of methoxy groups -OCH3 is 1. The summed E-state index contributed by atoms with van der Waals surface area (Å²) in [5.74, 6) is 0.110. The zero-order chi connectivity index (χ0) is 18.5. The minimum atomic E-state index is -0.333. The van der Waals surface area contributed by atoms with E-state index in [1.807, 2.05) is 0 Å². The zero-order valence-corrected chi connectivity index (χ0v) is 14.6. The highest BCUT2D eigenvalue weighted by atomic mass is 19.1. The number of nitrogens with one attached hydrogen (secondary N) is 1. The molecule has 1 heterocycles. The predicted molar refractivity (Wildman–Crippen MR) is 97.9 cm³/mol. The van der Waals surface area contributed by atoms with Gasteiger partial charge in [-0.25, -0.2) is 4.39 Å². The first-order valence-electron chi connectivity index (χ1n) is 8.59. The van der Waals surface area contributed by atoms with Crippen molar-refractivity contribution < 1.29 is 18.7 Å². The summed E-state index contributed by atoms with van der Waals surface area (Å²) in [6, 6.07) is 11.1. The van der Waals surface area contributed by atoms with Crippen LogP contribution in [0.3, 0.4) is 0 Å². The third kappa shape index (κ3) is 4.20. The number of ether oxygens (including phenoxy) is 1. The van der Waals surface area contributed by atoms with Crippen LogP contribution in [0.1, 0.15) is 24.8 Å². The number of benzene rings is 2. The van der Waals surface area contributed by atoms with E-state index in [0.717, 1.165) is 18.4 Å². The van der Waals surface area contributed by atoms with Crippen molar-refractivity contribution in [3.8, 4) is 5.75 Å². The average molecular weight is 356 g/mol. The lowest BCUT2D eigenvalue weighted by atomic mass is 10.1. The molecule has 0 aromatic heterocycles. The Hall–Kier alpha value is -2.89. The van der Waals surface area contributed by atoms with Gasteiger partial charge in [0.25, 0.3) is 0 Å². The average Bonchev–Trinajstić information content (AvgIpc) is 2.64. The molecule has 1 aliphatic rings. The van der Waals surface area contributed by atoms with E-state index in [-0.39, 0.29) is 24.1 Å². The lowest BCUT2D eigenvalue weighted by Crippen LogP contribution is -2.35. The molecule has 0 unspecified atom stereocenters. The van der Waals surface area contributed by atoms with Crippen LogP contribution in [0, 0.1) is 5.82 Å². The number of anilines is 2. The summed E-state index contributed by atoms with van der Waals surface area (Å²) in [6.45, 7) is 0.641. The first kappa shape index (κ1) is 17.9. The Morgan fingerprint density at radius 2 is 1.96 bits per heavy atom. The van der Waals surface area contributed by atoms with Crippen molar-refractivity contribution in [2.45, 2.75) is 25.7 Å². The summed E-state index contributed by atoms with van der Waals surface area (Å²) >= 11 is 0. The van der Waals surface area contributed by atoms with Crippen LogP contribution < -0.4 is 15.0 Å². The monoisotopic (exact) mass is 356 g/mol. The van der Waals surface area contributed by atoms with Gasteiger partial charge in [-0.15, -0.1) is 0 Å². The second-order valence-corrected chi connectivity index (χ2v) is 6.24. The van der Waals surface area contributed by atoms with Crippen molar-refractivity contribution in [3.63, 3.8) is 0 Å². The quantitative estimate of drug-likeness (QED) is 0.892. The number of piperidine rings is 1. The summed E-state index contributed by atoms with van der Waals surface area (Å²) < 4.78 is 18.3. The summed E-state index contributed by atoms with van der Waals surface area (Å²) in [7, 11) is 1.56. The Kier molecular flexibility index (Phi) is 5.51. The van der Waals surface area contributed by atoms with Gasteiger partial charge in [0.2, 0.25) is 11.8 Å². The first-order chi connectivity index (χ1) is 12.6. The minimum absolute atomic E-state index is 0.0596. The fraction of sp³-hybridized carbons (Fsp3) is 0.300. The normalized spacial score (nSPS) is 14.2. The van der Waals surface area contributed by atoms with Crippen LogP contribution in [0.2, 0.25) is 0 Å². The molecule has 0 spiro atoms. The molecule has 1 N–H and O–H groups in total. The van der Waals surface area contributed by atoms with E-state index in [2.05, 4.69) is 5.32 Å². The second-order valence-electron chi connectivity index (χ2n) is 6.24. The molecule has 26 heavy (non-hydrogen) atoms. The molecule has 1 fully saturated rings. The molecule has 0 radical (unpaired) electrons. The Morgan fingerprint density at radius 1 is 1.19 bits per heavy atom. The summed E-state index contributed by atoms with van der Waals surface area (Å²) in [6.07, 6.45) is 2.50. The van der Waals surface area contributed by atoms with Crippen LogP contribution in [0.4, 0.5) is 15.8 Å². The van der Waals surface area contributed by atoms with E-state index in [4.69, 9.17) is 4.74 Å². The molecule has 2 amide bonds. The molecule has 6 heteroatoms. The van der Waals surface area contributed by atoms with Crippen LogP contribution in [0.15, 0.2) is 42.5 Å². The molecular weight excluding hydrogens is 335 g/mol. The molecule has 136 valence electrons. The molecule has 2 aromatic rings. The molecule has 2 aromatic carbocycles. The number of rotatable bonds is 5. The number of carbonyl (C=O) groups is 2. The van der Waals surface area contributed by atoms with E-state index in [1.54, 1.807) is 42.3 Å². The molecule has 0 atom stereocenters. The predicted octanol–water partition coefficient (Wildman–Crippen LogP) is 3.53. The minimum Gasteiger partial charge on any atom is -0.495 e. The van der Waals surface area contributed by atoms with Gasteiger partial charge in [-0.1, -0.05) is 12.1 Å². The Bertz CT molecular complexity index is 805. The Balaban J connectivity index is 1.75. The van der Waals surface area contributed by atoms with Gasteiger partial charge < -0.3 is 15.0 Å². The van der Waals surface area contributed by atoms with Gasteiger partial charge in [0.15, 0.2) is 0 Å². The maximum Gasteiger partial charge on any atom is 0.228 e. The van der Waals surface area contributed by atoms with Crippen molar-refractivity contribution in [2.75, 3.05) is 23.9 Å². The maximum atomic E-state index is 13.0. The smallest absolute Gasteiger partial charge is 0.228 e. The lowest BCUT2D eigenvalue weighted by Gasteiger charge is -2.28. The van der Waals surface area contributed by atoms with E-state index < -0.39 is 0 Å². The highest BCUT2D eigenvalue weighted by Gasteiger charge is 2.23. The molecular formula is C20H21FN2O3. The molecule has 0 saturated carbocycles. The Labute approximate surface area is 151 Å². The largest absolute Gasteiger partial charge is 0.495 e. The van der Waals surface area contributed by atoms with Gasteiger partial charge in [-0.2, -0.15) is 0 Å². The number of halogens is 1. The fourth-order valence-electron chi connectivity index (χ4n) is 3.03. The van der Waals surface area contributed by atoms with E-state index in [1.165, 1.54) is 12.1 Å². The summed E-state index contributed by atoms with van der Waals surface area (Å²) in [5, 5.41) is 2.82. The van der Waals surface area contributed by atoms with Gasteiger partial charge in [-0.3, -0.25) is 9.59 Å². The van der Waals surface area contributed by atoms with Crippen molar-refractivity contribution >= 4 is 23.2 Å². The molecule has 0 aliphatic carbocycles. The standard InChI is InChI=1S/C20H21FN2O3/c1-26-18-10-9-16(13-17(18)23-11-3-2-4-20(23)25)22-19(24)12-14-5-7-15(21)8-6-14/h5-10,13H,2-4,11-12H2,1H3,(H,22,24). The van der Waals surface area contributed by atoms with Crippen LogP contribution in [-0.4, -0.2) is 25.5 Å². The van der Waals surface area contributed by atoms with Crippen molar-refractivity contribution in [1.82, 2.24) is 0 Å². The van der Waals surface area contributed by atoms with Crippen LogP contribution in [0.25, 0.3) is 0 Å². The van der Waals surface area contributed by atoms with Gasteiger partial charge in [0.1, 0.15) is 11.6 Å². The van der Waals surface area contributed by atoms with Crippen molar-refractivity contribution in [3.05, 3.63) is 53.8 Å². The van der Waals surface area contributed by atoms with Crippen molar-refractivity contribution in [1.29, 1.82) is 0 Å². The van der Waals surface area contributed by atoms with Gasteiger partial charge in [0.05, 0.1) is 19.2 Å². The van der Waals surface area contributed by atoms with E-state index in [0.29, 0.717) is 30.1 Å². The topological polar surface area (TPSA) is 58.6 Å². The van der Waals surface area contributed by atoms with Gasteiger partial charge in [-0.05, 0) is 48.7 Å². The molecule has 3 rings (SSSR count). The van der Waals surface area contributed by atoms with Crippen LogP contribution in [0.5, 0.6) is 5.75 Å².